The first-order valence-corrected chi connectivity index (χ1v) is 5.01. The van der Waals surface area contributed by atoms with Gasteiger partial charge in [0.15, 0.2) is 0 Å². The van der Waals surface area contributed by atoms with Gasteiger partial charge in [-0.3, -0.25) is 9.59 Å². The van der Waals surface area contributed by atoms with Crippen LogP contribution in [-0.2, 0) is 9.59 Å². The van der Waals surface area contributed by atoms with E-state index >= 15 is 0 Å². The Kier molecular flexibility index (Phi) is 7.14. The molecule has 0 aliphatic rings. The fraction of sp³-hybridized carbons (Fsp3) is 0.500. The molecular formula is C10H15N3O4. The van der Waals surface area contributed by atoms with E-state index in [9.17, 15) is 9.59 Å². The summed E-state index contributed by atoms with van der Waals surface area (Å²) in [5.74, 6) is -1.93. The molecule has 0 aromatic rings. The maximum Gasteiger partial charge on any atom is 0.325 e. The molecule has 0 aromatic heterocycles. The third-order valence-electron chi connectivity index (χ3n) is 1.81. The van der Waals surface area contributed by atoms with Gasteiger partial charge in [-0.25, -0.2) is 0 Å². The van der Waals surface area contributed by atoms with Crippen molar-refractivity contribution in [2.24, 2.45) is 0 Å². The second kappa shape index (κ2) is 8.13. The Balaban J connectivity index is 4.31. The molecule has 7 nitrogen and oxygen atoms in total. The van der Waals surface area contributed by atoms with Crippen LogP contribution in [0.5, 0.6) is 0 Å². The molecule has 4 N–H and O–H groups in total. The van der Waals surface area contributed by atoms with Crippen molar-refractivity contribution in [1.82, 2.24) is 10.6 Å². The van der Waals surface area contributed by atoms with Crippen LogP contribution in [0.3, 0.4) is 0 Å². The van der Waals surface area contributed by atoms with E-state index in [1.807, 2.05) is 0 Å². The van der Waals surface area contributed by atoms with Crippen LogP contribution in [0.4, 0.5) is 0 Å². The largest absolute Gasteiger partial charge is 0.480 e. The number of carboxylic acid groups (broad SMARTS) is 1. The van der Waals surface area contributed by atoms with Crippen molar-refractivity contribution in [2.75, 3.05) is 13.2 Å². The molecule has 0 aromatic carbocycles. The lowest BCUT2D eigenvalue weighted by molar-refractivity contribution is -0.140. The number of carbonyl (C=O) groups excluding carboxylic acids is 1. The highest BCUT2D eigenvalue weighted by atomic mass is 16.4. The molecule has 17 heavy (non-hydrogen) atoms. The lowest BCUT2D eigenvalue weighted by Crippen LogP contribution is -2.39. The topological polar surface area (TPSA) is 122 Å². The SMILES string of the molecule is CC(NC(=O)/C(C#N)=C\NCCCO)C(=O)O. The van der Waals surface area contributed by atoms with Gasteiger partial charge in [-0.2, -0.15) is 5.26 Å². The quantitative estimate of drug-likeness (QED) is 0.256. The zero-order valence-electron chi connectivity index (χ0n) is 9.43. The highest BCUT2D eigenvalue weighted by Crippen LogP contribution is 1.93. The number of amides is 1. The molecule has 0 aliphatic carbocycles. The fourth-order valence-corrected chi connectivity index (χ4v) is 0.840. The number of nitriles is 1. The number of hydrogen-bond acceptors (Lipinski definition) is 5. The standard InChI is InChI=1S/C10H15N3O4/c1-7(10(16)17)13-9(15)8(5-11)6-12-3-2-4-14/h6-7,12,14H,2-4H2,1H3,(H,13,15)(H,16,17)/b8-6-. The molecule has 1 amide bonds. The van der Waals surface area contributed by atoms with Crippen molar-refractivity contribution in [1.29, 1.82) is 5.26 Å². The molecule has 0 aliphatic heterocycles. The number of hydrogen-bond donors (Lipinski definition) is 4. The molecule has 7 heteroatoms. The van der Waals surface area contributed by atoms with Crippen molar-refractivity contribution >= 4 is 11.9 Å². The summed E-state index contributed by atoms with van der Waals surface area (Å²) in [4.78, 5) is 21.9. The van der Waals surface area contributed by atoms with Crippen LogP contribution in [0.1, 0.15) is 13.3 Å². The second-order valence-electron chi connectivity index (χ2n) is 3.23. The number of carboxylic acids is 1. The summed E-state index contributed by atoms with van der Waals surface area (Å²) in [6.45, 7) is 1.73. The van der Waals surface area contributed by atoms with Crippen molar-refractivity contribution in [3.63, 3.8) is 0 Å². The Morgan fingerprint density at radius 1 is 1.53 bits per heavy atom. The smallest absolute Gasteiger partial charge is 0.325 e. The maximum absolute atomic E-state index is 11.4. The third-order valence-corrected chi connectivity index (χ3v) is 1.81. The predicted molar refractivity (Wildman–Crippen MR) is 58.6 cm³/mol. The summed E-state index contributed by atoms with van der Waals surface area (Å²) >= 11 is 0. The molecule has 94 valence electrons. The summed E-state index contributed by atoms with van der Waals surface area (Å²) in [6.07, 6.45) is 1.68. The van der Waals surface area contributed by atoms with Crippen molar-refractivity contribution in [3.05, 3.63) is 11.8 Å². The first kappa shape index (κ1) is 14.9. The van der Waals surface area contributed by atoms with Crippen LogP contribution >= 0.6 is 0 Å². The molecular weight excluding hydrogens is 226 g/mol. The van der Waals surface area contributed by atoms with Crippen LogP contribution in [0.15, 0.2) is 11.8 Å². The number of nitrogens with zero attached hydrogens (tertiary/aromatic N) is 1. The molecule has 0 saturated carbocycles. The van der Waals surface area contributed by atoms with E-state index in [1.165, 1.54) is 13.1 Å². The molecule has 0 rings (SSSR count). The number of aliphatic carboxylic acids is 1. The van der Waals surface area contributed by atoms with Gasteiger partial charge in [0.25, 0.3) is 5.91 Å². The van der Waals surface area contributed by atoms with Gasteiger partial charge >= 0.3 is 5.97 Å². The first-order chi connectivity index (χ1) is 8.02. The monoisotopic (exact) mass is 241 g/mol. The summed E-state index contributed by atoms with van der Waals surface area (Å²) in [5.41, 5.74) is -0.212. The second-order valence-corrected chi connectivity index (χ2v) is 3.23. The van der Waals surface area contributed by atoms with Crippen LogP contribution in [0.2, 0.25) is 0 Å². The van der Waals surface area contributed by atoms with Crippen molar-refractivity contribution in [2.45, 2.75) is 19.4 Å². The molecule has 0 spiro atoms. The van der Waals surface area contributed by atoms with E-state index in [-0.39, 0.29) is 12.2 Å². The maximum atomic E-state index is 11.4. The van der Waals surface area contributed by atoms with E-state index in [0.717, 1.165) is 0 Å². The van der Waals surface area contributed by atoms with E-state index in [2.05, 4.69) is 10.6 Å². The Hall–Kier alpha value is -2.07. The zero-order valence-corrected chi connectivity index (χ0v) is 9.43. The Morgan fingerprint density at radius 2 is 2.18 bits per heavy atom. The van der Waals surface area contributed by atoms with Crippen LogP contribution in [-0.4, -0.2) is 41.3 Å². The normalized spacial score (nSPS) is 12.4. The Bertz CT molecular complexity index is 346. The summed E-state index contributed by atoms with van der Waals surface area (Å²) in [7, 11) is 0. The van der Waals surface area contributed by atoms with Gasteiger partial charge in [0.2, 0.25) is 0 Å². The Morgan fingerprint density at radius 3 is 2.65 bits per heavy atom. The average molecular weight is 241 g/mol. The van der Waals surface area contributed by atoms with E-state index < -0.39 is 17.9 Å². The third kappa shape index (κ3) is 6.17. The van der Waals surface area contributed by atoms with Gasteiger partial charge in [-0.15, -0.1) is 0 Å². The summed E-state index contributed by atoms with van der Waals surface area (Å²) in [5, 5.41) is 30.6. The van der Waals surface area contributed by atoms with Crippen LogP contribution < -0.4 is 10.6 Å². The molecule has 0 fully saturated rings. The molecule has 1 atom stereocenters. The van der Waals surface area contributed by atoms with Gasteiger partial charge in [0, 0.05) is 19.4 Å². The van der Waals surface area contributed by atoms with E-state index in [4.69, 9.17) is 15.5 Å². The number of carbonyl (C=O) groups is 2. The summed E-state index contributed by atoms with van der Waals surface area (Å²) < 4.78 is 0. The minimum absolute atomic E-state index is 0.00493. The van der Waals surface area contributed by atoms with Crippen molar-refractivity contribution < 1.29 is 19.8 Å². The van der Waals surface area contributed by atoms with Gasteiger partial charge in [-0.05, 0) is 13.3 Å². The van der Waals surface area contributed by atoms with Gasteiger partial charge in [0.1, 0.15) is 17.7 Å². The van der Waals surface area contributed by atoms with Gasteiger partial charge < -0.3 is 20.8 Å². The minimum atomic E-state index is -1.18. The molecule has 0 radical (unpaired) electrons. The fourth-order valence-electron chi connectivity index (χ4n) is 0.840. The molecule has 0 saturated heterocycles. The number of rotatable bonds is 7. The minimum Gasteiger partial charge on any atom is -0.480 e. The van der Waals surface area contributed by atoms with Crippen LogP contribution in [0, 0.1) is 11.3 Å². The molecule has 0 heterocycles. The lowest BCUT2D eigenvalue weighted by Gasteiger charge is -2.08. The lowest BCUT2D eigenvalue weighted by atomic mass is 10.2. The highest BCUT2D eigenvalue weighted by Gasteiger charge is 2.16. The Labute approximate surface area is 98.7 Å². The molecule has 0 bridgehead atoms. The average Bonchev–Trinajstić information content (AvgIpc) is 2.28. The number of aliphatic hydroxyl groups excluding tert-OH is 1. The summed E-state index contributed by atoms with van der Waals surface area (Å²) in [6, 6.07) is 0.596. The number of aliphatic hydroxyl groups is 1. The van der Waals surface area contributed by atoms with E-state index in [0.29, 0.717) is 13.0 Å². The van der Waals surface area contributed by atoms with Gasteiger partial charge in [0.05, 0.1) is 0 Å². The first-order valence-electron chi connectivity index (χ1n) is 5.01. The predicted octanol–water partition coefficient (Wildman–Crippen LogP) is -1.04. The van der Waals surface area contributed by atoms with Gasteiger partial charge in [-0.1, -0.05) is 0 Å². The molecule has 1 unspecified atom stereocenters. The van der Waals surface area contributed by atoms with Crippen LogP contribution in [0.25, 0.3) is 0 Å². The van der Waals surface area contributed by atoms with Crippen molar-refractivity contribution in [3.8, 4) is 6.07 Å². The number of nitrogens with one attached hydrogen (secondary N) is 2. The highest BCUT2D eigenvalue weighted by molar-refractivity contribution is 5.98. The van der Waals surface area contributed by atoms with E-state index in [1.54, 1.807) is 6.07 Å². The zero-order chi connectivity index (χ0) is 13.3.